The normalized spacial score (nSPS) is 20.3. The van der Waals surface area contributed by atoms with E-state index in [4.69, 9.17) is 0 Å². The summed E-state index contributed by atoms with van der Waals surface area (Å²) in [5.74, 6) is -2.88. The molecule has 1 saturated heterocycles. The van der Waals surface area contributed by atoms with Gasteiger partial charge in [0.2, 0.25) is 0 Å². The summed E-state index contributed by atoms with van der Waals surface area (Å²) in [5, 5.41) is 20.9. The molecule has 2 atom stereocenters. The first-order valence-electron chi connectivity index (χ1n) is 13.5. The highest BCUT2D eigenvalue weighted by Gasteiger charge is 2.74. The van der Waals surface area contributed by atoms with Crippen molar-refractivity contribution in [3.05, 3.63) is 86.0 Å². The number of rotatable bonds is 5. The fourth-order valence-electron chi connectivity index (χ4n) is 6.48. The number of halogens is 8. The molecule has 0 bridgehead atoms. The van der Waals surface area contributed by atoms with E-state index in [0.717, 1.165) is 30.0 Å². The van der Waals surface area contributed by atoms with E-state index in [0.29, 0.717) is 9.64 Å². The van der Waals surface area contributed by atoms with E-state index in [-0.39, 0.29) is 53.5 Å². The van der Waals surface area contributed by atoms with E-state index < -0.39 is 73.0 Å². The van der Waals surface area contributed by atoms with E-state index in [2.05, 4.69) is 0 Å². The number of aromatic hydroxyl groups is 2. The summed E-state index contributed by atoms with van der Waals surface area (Å²) in [6.45, 7) is 0.822. The fraction of sp³-hybridized carbons (Fsp3) is 0.333. The number of amides is 1. The van der Waals surface area contributed by atoms with Crippen LogP contribution in [0.15, 0.2) is 59.5 Å². The number of alkyl halides is 7. The Morgan fingerprint density at radius 1 is 0.891 bits per heavy atom. The Morgan fingerprint density at radius 3 is 2.02 bits per heavy atom. The third-order valence-corrected chi connectivity index (χ3v) is 11.9. The van der Waals surface area contributed by atoms with E-state index in [1.54, 1.807) is 0 Å². The third-order valence-electron chi connectivity index (χ3n) is 8.65. The third kappa shape index (κ3) is 4.93. The maximum Gasteiger partial charge on any atom is 0.435 e. The molecule has 0 saturated carbocycles. The van der Waals surface area contributed by atoms with Crippen molar-refractivity contribution >= 4 is 44.1 Å². The van der Waals surface area contributed by atoms with Gasteiger partial charge in [-0.25, -0.2) is 12.8 Å². The van der Waals surface area contributed by atoms with Crippen LogP contribution in [0.5, 0.6) is 11.5 Å². The first kappa shape index (κ1) is 33.9. The van der Waals surface area contributed by atoms with Crippen LogP contribution in [0, 0.1) is 3.57 Å². The summed E-state index contributed by atoms with van der Waals surface area (Å²) in [4.78, 5) is 26.5. The zero-order valence-electron chi connectivity index (χ0n) is 23.5. The van der Waals surface area contributed by atoms with Gasteiger partial charge in [-0.1, -0.05) is 18.2 Å². The number of carbonyl (C=O) groups excluding carboxylic acids is 2. The molecule has 0 radical (unpaired) electrons. The van der Waals surface area contributed by atoms with Gasteiger partial charge in [0.25, 0.3) is 5.91 Å². The Labute approximate surface area is 271 Å². The molecule has 5 rings (SSSR count). The number of likely N-dealkylation sites (tertiary alicyclic amines) is 1. The minimum absolute atomic E-state index is 0.188. The maximum absolute atomic E-state index is 15.0. The summed E-state index contributed by atoms with van der Waals surface area (Å²) in [5.41, 5.74) is -8.70. The Hall–Kier alpha value is -3.41. The van der Waals surface area contributed by atoms with E-state index in [1.165, 1.54) is 24.3 Å². The second-order valence-electron chi connectivity index (χ2n) is 11.1. The van der Waals surface area contributed by atoms with Gasteiger partial charge in [-0.3, -0.25) is 9.59 Å². The number of benzene rings is 3. The van der Waals surface area contributed by atoms with Crippen LogP contribution in [-0.2, 0) is 26.7 Å². The molecule has 1 heterocycles. The Bertz CT molecular complexity index is 1850. The molecule has 3 aromatic rings. The van der Waals surface area contributed by atoms with Gasteiger partial charge in [0, 0.05) is 15.7 Å². The van der Waals surface area contributed by atoms with Crippen LogP contribution in [0.1, 0.15) is 57.2 Å². The predicted octanol–water partition coefficient (Wildman–Crippen LogP) is 6.72. The number of aryl methyl sites for hydroxylation is 1. The first-order chi connectivity index (χ1) is 21.2. The lowest BCUT2D eigenvalue weighted by molar-refractivity contribution is -0.348. The topological polar surface area (TPSA) is 112 Å². The average Bonchev–Trinajstić information content (AvgIpc) is 3.37. The molecule has 0 unspecified atom stereocenters. The number of carbonyl (C=O) groups is 2. The molecule has 3 aromatic carbocycles. The molecule has 2 N–H and O–H groups in total. The molecular formula is C30H23F7INO6S. The Balaban J connectivity index is 1.70. The van der Waals surface area contributed by atoms with E-state index in [9.17, 15) is 54.6 Å². The van der Waals surface area contributed by atoms with E-state index in [1.807, 2.05) is 22.6 Å². The van der Waals surface area contributed by atoms with Crippen molar-refractivity contribution in [1.29, 1.82) is 0 Å². The second-order valence-corrected chi connectivity index (χ2v) is 14.6. The molecule has 1 amide bonds. The molecule has 246 valence electrons. The van der Waals surface area contributed by atoms with E-state index >= 15 is 4.39 Å². The van der Waals surface area contributed by atoms with Crippen molar-refractivity contribution < 1.29 is 59.0 Å². The molecule has 1 aliphatic carbocycles. The van der Waals surface area contributed by atoms with Gasteiger partial charge in [0.1, 0.15) is 16.2 Å². The lowest BCUT2D eigenvalue weighted by Gasteiger charge is -2.43. The standard InChI is InChI=1S/C30H23F7INO6S/c1-15(40)20-13-24(42)21(14-23(20)41)26(43)39-11-10-27(46(44,45)19-6-4-18(38)5-7-19)22-8-3-17(12-16(22)2-9-25(27)39)28(31,29(32,33)34)30(35,36)37/h3-8,12-14,25,41-42H,2,9-11H2,1H3/t25-,27-/m1/s1. The molecule has 16 heteroatoms. The van der Waals surface area contributed by atoms with Crippen molar-refractivity contribution in [2.24, 2.45) is 0 Å². The summed E-state index contributed by atoms with van der Waals surface area (Å²) < 4.78 is 124. The second kappa shape index (κ2) is 11.1. The van der Waals surface area contributed by atoms with Crippen molar-refractivity contribution in [2.75, 3.05) is 6.54 Å². The molecule has 1 fully saturated rings. The van der Waals surface area contributed by atoms with Gasteiger partial charge in [-0.15, -0.1) is 0 Å². The number of Topliss-reactive ketones (excluding diaryl/α,β-unsaturated/α-hetero) is 1. The Morgan fingerprint density at radius 2 is 1.46 bits per heavy atom. The molecule has 0 aromatic heterocycles. The molecular weight excluding hydrogens is 762 g/mol. The number of phenols is 2. The molecule has 7 nitrogen and oxygen atoms in total. The van der Waals surface area contributed by atoms with Crippen LogP contribution in [0.25, 0.3) is 0 Å². The number of ketones is 1. The lowest BCUT2D eigenvalue weighted by atomic mass is 9.76. The maximum atomic E-state index is 15.0. The van der Waals surface area contributed by atoms with Gasteiger partial charge in [-0.05, 0) is 96.3 Å². The number of hydrogen-bond acceptors (Lipinski definition) is 6. The predicted molar refractivity (Wildman–Crippen MR) is 157 cm³/mol. The van der Waals surface area contributed by atoms with Crippen LogP contribution in [0.2, 0.25) is 0 Å². The fourth-order valence-corrected chi connectivity index (χ4v) is 9.21. The highest BCUT2D eigenvalue weighted by molar-refractivity contribution is 14.1. The number of phenolic OH excluding ortho intramolecular Hbond substituents is 2. The highest BCUT2D eigenvalue weighted by atomic mass is 127. The lowest BCUT2D eigenvalue weighted by Crippen LogP contribution is -2.53. The molecule has 0 spiro atoms. The van der Waals surface area contributed by atoms with Gasteiger partial charge < -0.3 is 15.1 Å². The molecule has 46 heavy (non-hydrogen) atoms. The number of nitrogens with zero attached hydrogens (tertiary/aromatic N) is 1. The molecule has 2 aliphatic rings. The number of hydrogen-bond donors (Lipinski definition) is 2. The monoisotopic (exact) mass is 785 g/mol. The SMILES string of the molecule is CC(=O)c1cc(O)c(C(=O)N2CC[C@@]3(S(=O)(=O)c4ccc(I)cc4)c4ccc(C(F)(C(F)(F)F)C(F)(F)F)cc4CC[C@@H]23)cc1O. The van der Waals surface area contributed by atoms with Crippen LogP contribution in [-0.4, -0.2) is 60.2 Å². The largest absolute Gasteiger partial charge is 0.507 e. The van der Waals surface area contributed by atoms with Crippen LogP contribution < -0.4 is 0 Å². The van der Waals surface area contributed by atoms with Gasteiger partial charge >= 0.3 is 18.0 Å². The van der Waals surface area contributed by atoms with Crippen molar-refractivity contribution in [2.45, 2.75) is 59.9 Å². The zero-order valence-corrected chi connectivity index (χ0v) is 26.5. The van der Waals surface area contributed by atoms with Crippen LogP contribution in [0.4, 0.5) is 30.7 Å². The zero-order chi connectivity index (χ0) is 34.2. The summed E-state index contributed by atoms with van der Waals surface area (Å²) in [7, 11) is -4.57. The Kier molecular flexibility index (Phi) is 8.19. The minimum atomic E-state index is -6.39. The van der Waals surface area contributed by atoms with Crippen molar-refractivity contribution in [3.8, 4) is 11.5 Å². The summed E-state index contributed by atoms with van der Waals surface area (Å²) >= 11 is 1.93. The van der Waals surface area contributed by atoms with Gasteiger partial charge in [0.05, 0.1) is 22.1 Å². The smallest absolute Gasteiger partial charge is 0.435 e. The number of sulfone groups is 1. The highest BCUT2D eigenvalue weighted by Crippen LogP contribution is 2.57. The number of fused-ring (bicyclic) bond motifs is 3. The summed E-state index contributed by atoms with van der Waals surface area (Å²) in [6.07, 6.45) is -13.7. The van der Waals surface area contributed by atoms with Crippen LogP contribution >= 0.6 is 22.6 Å². The van der Waals surface area contributed by atoms with Crippen LogP contribution in [0.3, 0.4) is 0 Å². The van der Waals surface area contributed by atoms with Gasteiger partial charge in [-0.2, -0.15) is 26.3 Å². The first-order valence-corrected chi connectivity index (χ1v) is 16.1. The van der Waals surface area contributed by atoms with Crippen molar-refractivity contribution in [3.63, 3.8) is 0 Å². The minimum Gasteiger partial charge on any atom is -0.507 e. The summed E-state index contributed by atoms with van der Waals surface area (Å²) in [6, 6.07) is 7.37. The van der Waals surface area contributed by atoms with Gasteiger partial charge in [0.15, 0.2) is 15.6 Å². The average molecular weight is 785 g/mol. The van der Waals surface area contributed by atoms with Crippen molar-refractivity contribution in [1.82, 2.24) is 4.90 Å². The molecule has 1 aliphatic heterocycles. The quantitative estimate of drug-likeness (QED) is 0.129.